The number of guanidine groups is 1. The van der Waals surface area contributed by atoms with Gasteiger partial charge in [-0.25, -0.2) is 9.98 Å². The number of hydrogen-bond donors (Lipinski definition) is 3. The topological polar surface area (TPSA) is 95.6 Å². The highest BCUT2D eigenvalue weighted by Crippen LogP contribution is 2.25. The van der Waals surface area contributed by atoms with Gasteiger partial charge < -0.3 is 21.3 Å². The second-order valence-corrected chi connectivity index (χ2v) is 8.14. The number of piperidine rings is 1. The molecule has 0 saturated carbocycles. The molecule has 8 heteroatoms. The lowest BCUT2D eigenvalue weighted by Crippen LogP contribution is -2.40. The Labute approximate surface area is 205 Å². The molecule has 1 saturated heterocycles. The predicted octanol–water partition coefficient (Wildman–Crippen LogP) is 3.67. The normalized spacial score (nSPS) is 15.8. The van der Waals surface area contributed by atoms with Gasteiger partial charge in [0.05, 0.1) is 6.54 Å². The summed E-state index contributed by atoms with van der Waals surface area (Å²) in [4.78, 5) is 23.1. The third kappa shape index (κ3) is 9.21. The van der Waals surface area contributed by atoms with Crippen LogP contribution in [0.1, 0.15) is 64.9 Å². The Morgan fingerprint density at radius 3 is 2.65 bits per heavy atom. The van der Waals surface area contributed by atoms with Crippen LogP contribution in [0.25, 0.3) is 0 Å². The first-order valence-corrected chi connectivity index (χ1v) is 11.6. The largest absolute Gasteiger partial charge is 0.369 e. The summed E-state index contributed by atoms with van der Waals surface area (Å²) >= 11 is 0. The molecule has 1 fully saturated rings. The van der Waals surface area contributed by atoms with Crippen molar-refractivity contribution in [3.63, 3.8) is 0 Å². The van der Waals surface area contributed by atoms with Gasteiger partial charge in [-0.05, 0) is 38.2 Å². The summed E-state index contributed by atoms with van der Waals surface area (Å²) in [6.07, 6.45) is 8.36. The molecule has 176 valence electrons. The molecule has 7 nitrogen and oxygen atoms in total. The zero-order chi connectivity index (χ0) is 21.8. The van der Waals surface area contributed by atoms with Gasteiger partial charge >= 0.3 is 0 Å². The number of aliphatic imine (C=N–C) groups is 1. The Morgan fingerprint density at radius 1 is 1.29 bits per heavy atom. The lowest BCUT2D eigenvalue weighted by Gasteiger charge is -2.32. The van der Waals surface area contributed by atoms with E-state index in [0.29, 0.717) is 12.5 Å². The summed E-state index contributed by atoms with van der Waals surface area (Å²) in [7, 11) is 0. The summed E-state index contributed by atoms with van der Waals surface area (Å²) in [6.45, 7) is 10.5. The molecule has 31 heavy (non-hydrogen) atoms. The van der Waals surface area contributed by atoms with E-state index in [1.807, 2.05) is 12.3 Å². The molecule has 4 N–H and O–H groups in total. The summed E-state index contributed by atoms with van der Waals surface area (Å²) in [5, 5.41) is 6.88. The highest BCUT2D eigenvalue weighted by Gasteiger charge is 2.24. The highest BCUT2D eigenvalue weighted by molar-refractivity contribution is 14.0. The first-order chi connectivity index (χ1) is 14.6. The number of amides is 1. The number of carbonyl (C=O) groups excluding carboxylic acids is 1. The number of unbranched alkanes of at least 4 members (excludes halogenated alkanes) is 1. The monoisotopic (exact) mass is 544 g/mol. The molecule has 1 atom stereocenters. The molecular weight excluding hydrogens is 503 g/mol. The summed E-state index contributed by atoms with van der Waals surface area (Å²) in [5.74, 6) is 2.29. The zero-order valence-corrected chi connectivity index (χ0v) is 21.7. The maximum absolute atomic E-state index is 11.4. The fourth-order valence-corrected chi connectivity index (χ4v) is 3.90. The van der Waals surface area contributed by atoms with Crippen molar-refractivity contribution in [1.29, 1.82) is 0 Å². The number of halogens is 1. The highest BCUT2D eigenvalue weighted by atomic mass is 127. The van der Waals surface area contributed by atoms with E-state index >= 15 is 0 Å². The second-order valence-electron chi connectivity index (χ2n) is 8.14. The predicted molar refractivity (Wildman–Crippen MR) is 140 cm³/mol. The standard InChI is InChI=1S/C23H40N6O.HI/c1-4-7-9-18(5-2)16-27-23(25-6-3)28-17-20-10-8-13-26-22(20)29-14-11-19(12-15-29)21(24)30;/h8,10,13,18-19H,4-7,9,11-12,14-17H2,1-3H3,(H2,24,30)(H2,25,27,28);1H. The van der Waals surface area contributed by atoms with Gasteiger partial charge in [0.25, 0.3) is 0 Å². The molecule has 0 aliphatic carbocycles. The molecular formula is C23H41IN6O. The fraction of sp³-hybridized carbons (Fsp3) is 0.696. The van der Waals surface area contributed by atoms with Crippen LogP contribution < -0.4 is 21.3 Å². The number of hydrogen-bond acceptors (Lipinski definition) is 4. The molecule has 1 amide bonds. The average molecular weight is 545 g/mol. The number of carbonyl (C=O) groups is 1. The Morgan fingerprint density at radius 2 is 2.03 bits per heavy atom. The van der Waals surface area contributed by atoms with Crippen LogP contribution in [-0.4, -0.2) is 43.0 Å². The number of anilines is 1. The minimum absolute atomic E-state index is 0. The summed E-state index contributed by atoms with van der Waals surface area (Å²) in [6, 6.07) is 4.05. The molecule has 1 aromatic rings. The third-order valence-corrected chi connectivity index (χ3v) is 5.92. The lowest BCUT2D eigenvalue weighted by atomic mass is 9.96. The van der Waals surface area contributed by atoms with Crippen LogP contribution in [0.4, 0.5) is 5.82 Å². The molecule has 2 rings (SSSR count). The molecule has 1 aliphatic heterocycles. The number of nitrogens with two attached hydrogens (primary N) is 1. The van der Waals surface area contributed by atoms with Crippen molar-refractivity contribution in [2.75, 3.05) is 31.1 Å². The summed E-state index contributed by atoms with van der Waals surface area (Å²) < 4.78 is 0. The van der Waals surface area contributed by atoms with E-state index in [1.165, 1.54) is 25.7 Å². The SMILES string of the molecule is CCCCC(CC)CNC(=NCc1cccnc1N1CCC(C(N)=O)CC1)NCC.I. The van der Waals surface area contributed by atoms with Crippen LogP contribution in [0.15, 0.2) is 23.3 Å². The van der Waals surface area contributed by atoms with E-state index in [1.54, 1.807) is 0 Å². The van der Waals surface area contributed by atoms with Gasteiger partial charge in [0, 0.05) is 43.9 Å². The number of primary amides is 1. The van der Waals surface area contributed by atoms with Gasteiger partial charge in [0.15, 0.2) is 5.96 Å². The van der Waals surface area contributed by atoms with Crippen LogP contribution in [0, 0.1) is 11.8 Å². The first kappa shape index (κ1) is 27.5. The van der Waals surface area contributed by atoms with Gasteiger partial charge in [-0.15, -0.1) is 24.0 Å². The fourth-order valence-electron chi connectivity index (χ4n) is 3.90. The van der Waals surface area contributed by atoms with Crippen molar-refractivity contribution in [2.24, 2.45) is 22.6 Å². The van der Waals surface area contributed by atoms with Gasteiger partial charge in [-0.2, -0.15) is 0 Å². The van der Waals surface area contributed by atoms with Crippen molar-refractivity contribution >= 4 is 41.7 Å². The van der Waals surface area contributed by atoms with Crippen LogP contribution >= 0.6 is 24.0 Å². The van der Waals surface area contributed by atoms with E-state index in [0.717, 1.165) is 56.4 Å². The molecule has 1 aliphatic rings. The van der Waals surface area contributed by atoms with Crippen LogP contribution in [0.2, 0.25) is 0 Å². The Hall–Kier alpha value is -1.58. The molecule has 0 bridgehead atoms. The van der Waals surface area contributed by atoms with Crippen LogP contribution in [0.5, 0.6) is 0 Å². The van der Waals surface area contributed by atoms with Gasteiger partial charge in [0.2, 0.25) is 5.91 Å². The maximum atomic E-state index is 11.4. The molecule has 0 radical (unpaired) electrons. The number of nitrogens with zero attached hydrogens (tertiary/aromatic N) is 3. The second kappa shape index (κ2) is 15.3. The number of nitrogens with one attached hydrogen (secondary N) is 2. The van der Waals surface area contributed by atoms with Crippen molar-refractivity contribution in [3.05, 3.63) is 23.9 Å². The third-order valence-electron chi connectivity index (χ3n) is 5.92. The Kier molecular flexibility index (Phi) is 13.5. The first-order valence-electron chi connectivity index (χ1n) is 11.6. The van der Waals surface area contributed by atoms with Crippen molar-refractivity contribution < 1.29 is 4.79 Å². The zero-order valence-electron chi connectivity index (χ0n) is 19.4. The van der Waals surface area contributed by atoms with Crippen molar-refractivity contribution in [2.45, 2.75) is 65.8 Å². The smallest absolute Gasteiger partial charge is 0.220 e. The number of rotatable bonds is 11. The van der Waals surface area contributed by atoms with Crippen molar-refractivity contribution in [3.8, 4) is 0 Å². The van der Waals surface area contributed by atoms with Gasteiger partial charge in [0.1, 0.15) is 5.82 Å². The van der Waals surface area contributed by atoms with E-state index < -0.39 is 0 Å². The maximum Gasteiger partial charge on any atom is 0.220 e. The summed E-state index contributed by atoms with van der Waals surface area (Å²) in [5.41, 5.74) is 6.57. The quantitative estimate of drug-likeness (QED) is 0.225. The van der Waals surface area contributed by atoms with E-state index in [9.17, 15) is 4.79 Å². The molecule has 0 aromatic carbocycles. The lowest BCUT2D eigenvalue weighted by molar-refractivity contribution is -0.122. The minimum atomic E-state index is -0.189. The Bertz CT molecular complexity index is 676. The Balaban J connectivity index is 0.00000480. The molecule has 0 spiro atoms. The van der Waals surface area contributed by atoms with Gasteiger partial charge in [-0.1, -0.05) is 39.2 Å². The molecule has 1 unspecified atom stereocenters. The van der Waals surface area contributed by atoms with Crippen LogP contribution in [0.3, 0.4) is 0 Å². The van der Waals surface area contributed by atoms with Crippen LogP contribution in [-0.2, 0) is 11.3 Å². The average Bonchev–Trinajstić information content (AvgIpc) is 2.77. The number of pyridine rings is 1. The van der Waals surface area contributed by atoms with Crippen molar-refractivity contribution in [1.82, 2.24) is 15.6 Å². The minimum Gasteiger partial charge on any atom is -0.369 e. The molecule has 2 heterocycles. The van der Waals surface area contributed by atoms with Gasteiger partial charge in [-0.3, -0.25) is 4.79 Å². The van der Waals surface area contributed by atoms with E-state index in [4.69, 9.17) is 10.7 Å². The van der Waals surface area contributed by atoms with E-state index in [2.05, 4.69) is 47.4 Å². The molecule has 1 aromatic heterocycles. The number of aromatic nitrogens is 1. The van der Waals surface area contributed by atoms with E-state index in [-0.39, 0.29) is 35.8 Å².